The van der Waals surface area contributed by atoms with Crippen molar-refractivity contribution in [3.05, 3.63) is 29.8 Å². The van der Waals surface area contributed by atoms with Gasteiger partial charge in [-0.25, -0.2) is 8.78 Å². The minimum Gasteiger partial charge on any atom is -0.372 e. The Morgan fingerprint density at radius 2 is 2.00 bits per heavy atom. The number of halogens is 2. The highest BCUT2D eigenvalue weighted by atomic mass is 19.1. The minimum atomic E-state index is -0.532. The molecule has 1 aliphatic heterocycles. The van der Waals surface area contributed by atoms with Crippen LogP contribution in [0.25, 0.3) is 0 Å². The number of nitrogens with one attached hydrogen (secondary N) is 1. The molecule has 0 bridgehead atoms. The average molecular weight is 269 g/mol. The Hall–Kier alpha value is -1.20. The molecule has 1 aromatic rings. The lowest BCUT2D eigenvalue weighted by molar-refractivity contribution is 0.239. The summed E-state index contributed by atoms with van der Waals surface area (Å²) in [6, 6.07) is 3.73. The van der Waals surface area contributed by atoms with Crippen LogP contribution < -0.4 is 10.2 Å². The summed E-state index contributed by atoms with van der Waals surface area (Å²) in [6.45, 7) is 6.04. The first kappa shape index (κ1) is 14.2. The predicted octanol–water partition coefficient (Wildman–Crippen LogP) is 1.70. The molecule has 1 saturated heterocycles. The summed E-state index contributed by atoms with van der Waals surface area (Å²) in [7, 11) is 1.84. The first-order valence-corrected chi connectivity index (χ1v) is 6.76. The topological polar surface area (TPSA) is 18.5 Å². The number of piperazine rings is 1. The van der Waals surface area contributed by atoms with E-state index in [1.54, 1.807) is 0 Å². The predicted molar refractivity (Wildman–Crippen MR) is 73.6 cm³/mol. The average Bonchev–Trinajstić information content (AvgIpc) is 2.39. The lowest BCUT2D eigenvalue weighted by Gasteiger charge is -2.28. The first-order chi connectivity index (χ1) is 9.16. The van der Waals surface area contributed by atoms with Crippen LogP contribution in [-0.2, 0) is 0 Å². The van der Waals surface area contributed by atoms with Gasteiger partial charge in [0, 0.05) is 45.8 Å². The zero-order valence-electron chi connectivity index (χ0n) is 11.3. The molecule has 106 valence electrons. The van der Waals surface area contributed by atoms with Gasteiger partial charge in [0.15, 0.2) is 0 Å². The molecule has 1 N–H and O–H groups in total. The van der Waals surface area contributed by atoms with Crippen molar-refractivity contribution in [1.29, 1.82) is 0 Å². The molecule has 0 amide bonds. The molecule has 1 fully saturated rings. The maximum Gasteiger partial charge on any atom is 0.149 e. The third kappa shape index (κ3) is 4.14. The van der Waals surface area contributed by atoms with Gasteiger partial charge < -0.3 is 15.1 Å². The molecule has 1 heterocycles. The first-order valence-electron chi connectivity index (χ1n) is 6.76. The van der Waals surface area contributed by atoms with Crippen molar-refractivity contribution in [2.45, 2.75) is 6.42 Å². The van der Waals surface area contributed by atoms with Crippen LogP contribution in [0.15, 0.2) is 18.2 Å². The van der Waals surface area contributed by atoms with Gasteiger partial charge in [-0.3, -0.25) is 0 Å². The smallest absolute Gasteiger partial charge is 0.149 e. The molecule has 0 spiro atoms. The van der Waals surface area contributed by atoms with Gasteiger partial charge in [-0.05, 0) is 25.1 Å². The van der Waals surface area contributed by atoms with Crippen LogP contribution in [0.4, 0.5) is 14.5 Å². The SMILES string of the molecule is CN(CCCN1CCNCC1)c1ccc(F)cc1F. The monoisotopic (exact) mass is 269 g/mol. The normalized spacial score (nSPS) is 16.6. The van der Waals surface area contributed by atoms with Crippen molar-refractivity contribution >= 4 is 5.69 Å². The molecular weight excluding hydrogens is 248 g/mol. The van der Waals surface area contributed by atoms with E-state index in [9.17, 15) is 8.78 Å². The van der Waals surface area contributed by atoms with Crippen molar-refractivity contribution in [1.82, 2.24) is 10.2 Å². The second-order valence-electron chi connectivity index (χ2n) is 4.96. The second-order valence-corrected chi connectivity index (χ2v) is 4.96. The van der Waals surface area contributed by atoms with Gasteiger partial charge in [-0.15, -0.1) is 0 Å². The fraction of sp³-hybridized carbons (Fsp3) is 0.571. The highest BCUT2D eigenvalue weighted by molar-refractivity contribution is 5.46. The van der Waals surface area contributed by atoms with E-state index in [0.717, 1.165) is 51.8 Å². The van der Waals surface area contributed by atoms with E-state index in [1.165, 1.54) is 12.1 Å². The molecule has 5 heteroatoms. The molecule has 0 atom stereocenters. The summed E-state index contributed by atoms with van der Waals surface area (Å²) in [6.07, 6.45) is 0.979. The van der Waals surface area contributed by atoms with E-state index in [0.29, 0.717) is 5.69 Å². The zero-order chi connectivity index (χ0) is 13.7. The number of benzene rings is 1. The molecule has 3 nitrogen and oxygen atoms in total. The van der Waals surface area contributed by atoms with Gasteiger partial charge in [0.25, 0.3) is 0 Å². The maximum atomic E-state index is 13.6. The Morgan fingerprint density at radius 3 is 2.68 bits per heavy atom. The van der Waals surface area contributed by atoms with Crippen LogP contribution in [0, 0.1) is 11.6 Å². The third-order valence-electron chi connectivity index (χ3n) is 3.50. The molecule has 0 aliphatic carbocycles. The number of nitrogens with zero attached hydrogens (tertiary/aromatic N) is 2. The van der Waals surface area contributed by atoms with Crippen LogP contribution >= 0.6 is 0 Å². The number of rotatable bonds is 5. The van der Waals surface area contributed by atoms with Crippen LogP contribution in [-0.4, -0.2) is 51.2 Å². The van der Waals surface area contributed by atoms with Crippen LogP contribution in [0.1, 0.15) is 6.42 Å². The molecule has 2 rings (SSSR count). The quantitative estimate of drug-likeness (QED) is 0.877. The molecule has 19 heavy (non-hydrogen) atoms. The van der Waals surface area contributed by atoms with Gasteiger partial charge in [-0.1, -0.05) is 0 Å². The molecule has 1 aromatic carbocycles. The molecule has 0 radical (unpaired) electrons. The maximum absolute atomic E-state index is 13.6. The van der Waals surface area contributed by atoms with E-state index >= 15 is 0 Å². The van der Waals surface area contributed by atoms with Crippen LogP contribution in [0.3, 0.4) is 0 Å². The van der Waals surface area contributed by atoms with Gasteiger partial charge in [0.2, 0.25) is 0 Å². The Labute approximate surface area is 113 Å². The van der Waals surface area contributed by atoms with E-state index in [1.807, 2.05) is 11.9 Å². The Bertz CT molecular complexity index is 406. The van der Waals surface area contributed by atoms with Crippen molar-refractivity contribution in [3.63, 3.8) is 0 Å². The lowest BCUT2D eigenvalue weighted by Crippen LogP contribution is -2.44. The summed E-state index contributed by atoms with van der Waals surface area (Å²) in [4.78, 5) is 4.25. The van der Waals surface area contributed by atoms with Gasteiger partial charge >= 0.3 is 0 Å². The number of anilines is 1. The number of hydrogen-bond donors (Lipinski definition) is 1. The molecular formula is C14H21F2N3. The summed E-state index contributed by atoms with van der Waals surface area (Å²) >= 11 is 0. The molecule has 0 aromatic heterocycles. The van der Waals surface area contributed by atoms with Crippen molar-refractivity contribution < 1.29 is 8.78 Å². The van der Waals surface area contributed by atoms with Crippen molar-refractivity contribution in [3.8, 4) is 0 Å². The van der Waals surface area contributed by atoms with Gasteiger partial charge in [0.1, 0.15) is 11.6 Å². The van der Waals surface area contributed by atoms with Crippen molar-refractivity contribution in [2.75, 3.05) is 51.2 Å². The highest BCUT2D eigenvalue weighted by Crippen LogP contribution is 2.18. The fourth-order valence-electron chi connectivity index (χ4n) is 2.38. The summed E-state index contributed by atoms with van der Waals surface area (Å²) in [5, 5.41) is 3.32. The fourth-order valence-corrected chi connectivity index (χ4v) is 2.38. The van der Waals surface area contributed by atoms with Crippen LogP contribution in [0.5, 0.6) is 0 Å². The summed E-state index contributed by atoms with van der Waals surface area (Å²) < 4.78 is 26.4. The Kier molecular flexibility index (Phi) is 5.10. The molecule has 1 aliphatic rings. The van der Waals surface area contributed by atoms with E-state index in [-0.39, 0.29) is 0 Å². The molecule has 0 unspecified atom stereocenters. The third-order valence-corrected chi connectivity index (χ3v) is 3.50. The lowest BCUT2D eigenvalue weighted by atomic mass is 10.2. The summed E-state index contributed by atoms with van der Waals surface area (Å²) in [5.74, 6) is -1.03. The standard InChI is InChI=1S/C14H21F2N3/c1-18(14-4-3-12(15)11-13(14)16)7-2-8-19-9-5-17-6-10-19/h3-4,11,17H,2,5-10H2,1H3. The second kappa shape index (κ2) is 6.82. The van der Waals surface area contributed by atoms with Crippen LogP contribution in [0.2, 0.25) is 0 Å². The summed E-state index contributed by atoms with van der Waals surface area (Å²) in [5.41, 5.74) is 0.460. The van der Waals surface area contributed by atoms with Gasteiger partial charge in [0.05, 0.1) is 5.69 Å². The van der Waals surface area contributed by atoms with E-state index in [2.05, 4.69) is 10.2 Å². The largest absolute Gasteiger partial charge is 0.372 e. The highest BCUT2D eigenvalue weighted by Gasteiger charge is 2.11. The Morgan fingerprint density at radius 1 is 1.26 bits per heavy atom. The molecule has 0 saturated carbocycles. The Balaban J connectivity index is 1.78. The zero-order valence-corrected chi connectivity index (χ0v) is 11.3. The minimum absolute atomic E-state index is 0.460. The number of hydrogen-bond acceptors (Lipinski definition) is 3. The van der Waals surface area contributed by atoms with Crippen molar-refractivity contribution in [2.24, 2.45) is 0 Å². The van der Waals surface area contributed by atoms with E-state index in [4.69, 9.17) is 0 Å². The van der Waals surface area contributed by atoms with E-state index < -0.39 is 11.6 Å². The van der Waals surface area contributed by atoms with Gasteiger partial charge in [-0.2, -0.15) is 0 Å².